The van der Waals surface area contributed by atoms with E-state index in [0.29, 0.717) is 16.8 Å². The van der Waals surface area contributed by atoms with E-state index in [0.717, 1.165) is 6.20 Å². The molecule has 0 aliphatic rings. The Labute approximate surface area is 178 Å². The Balaban J connectivity index is 2.01. The van der Waals surface area contributed by atoms with Gasteiger partial charge in [-0.15, -0.1) is 0 Å². The molecule has 0 spiro atoms. The van der Waals surface area contributed by atoms with Crippen LogP contribution in [0.1, 0.15) is 12.6 Å². The summed E-state index contributed by atoms with van der Waals surface area (Å²) in [6.45, 7) is 1.46. The lowest BCUT2D eigenvalue weighted by Crippen LogP contribution is -2.34. The maximum absolute atomic E-state index is 13.7. The molecule has 12 heteroatoms. The number of hydrogen-bond acceptors (Lipinski definition) is 5. The number of hydrogen-bond donors (Lipinski definition) is 0. The van der Waals surface area contributed by atoms with Gasteiger partial charge in [0, 0.05) is 24.0 Å². The number of benzene rings is 1. The second kappa shape index (κ2) is 7.19. The van der Waals surface area contributed by atoms with Gasteiger partial charge in [-0.25, -0.2) is 13.4 Å². The molecule has 0 unspecified atom stereocenters. The van der Waals surface area contributed by atoms with Gasteiger partial charge < -0.3 is 4.57 Å². The fraction of sp³-hybridized carbons (Fsp3) is 0.250. The Morgan fingerprint density at radius 3 is 2.38 bits per heavy atom. The Morgan fingerprint density at radius 2 is 1.72 bits per heavy atom. The minimum absolute atomic E-state index is 0.00736. The van der Waals surface area contributed by atoms with Crippen LogP contribution in [0.2, 0.25) is 0 Å². The number of alkyl halides is 5. The summed E-state index contributed by atoms with van der Waals surface area (Å²) in [4.78, 5) is 11.6. The van der Waals surface area contributed by atoms with Crippen molar-refractivity contribution in [1.29, 1.82) is 0 Å². The number of aryl methyl sites for hydroxylation is 1. The zero-order valence-corrected chi connectivity index (χ0v) is 17.5. The third kappa shape index (κ3) is 3.29. The van der Waals surface area contributed by atoms with Gasteiger partial charge >= 0.3 is 12.1 Å². The molecule has 168 valence electrons. The van der Waals surface area contributed by atoms with E-state index >= 15 is 0 Å². The lowest BCUT2D eigenvalue weighted by molar-refractivity contribution is -0.290. The minimum Gasteiger partial charge on any atom is -0.324 e. The highest BCUT2D eigenvalue weighted by Crippen LogP contribution is 2.43. The van der Waals surface area contributed by atoms with E-state index in [9.17, 15) is 30.4 Å². The van der Waals surface area contributed by atoms with Crippen molar-refractivity contribution >= 4 is 31.6 Å². The highest BCUT2D eigenvalue weighted by molar-refractivity contribution is 7.91. The van der Waals surface area contributed by atoms with Gasteiger partial charge in [0.2, 0.25) is 0 Å². The molecule has 0 amide bonds. The average Bonchev–Trinajstić information content (AvgIpc) is 3.07. The molecule has 0 aliphatic carbocycles. The molecule has 0 saturated heterocycles. The lowest BCUT2D eigenvalue weighted by Gasteiger charge is -2.18. The largest absolute Gasteiger partial charge is 0.459 e. The normalized spacial score (nSPS) is 13.2. The molecule has 0 bridgehead atoms. The number of nitrogens with zero attached hydrogens (tertiary/aromatic N) is 4. The summed E-state index contributed by atoms with van der Waals surface area (Å²) in [6.07, 6.45) is -3.54. The lowest BCUT2D eigenvalue weighted by atomic mass is 10.1. The van der Waals surface area contributed by atoms with Crippen LogP contribution in [0.15, 0.2) is 47.6 Å². The first-order valence-electron chi connectivity index (χ1n) is 9.27. The van der Waals surface area contributed by atoms with Crippen LogP contribution in [-0.2, 0) is 22.8 Å². The van der Waals surface area contributed by atoms with Crippen molar-refractivity contribution in [3.8, 4) is 11.5 Å². The fourth-order valence-corrected chi connectivity index (χ4v) is 4.62. The van der Waals surface area contributed by atoms with E-state index in [1.165, 1.54) is 24.7 Å². The number of rotatable bonds is 4. The van der Waals surface area contributed by atoms with Crippen molar-refractivity contribution in [2.45, 2.75) is 23.9 Å². The molecule has 0 aliphatic heterocycles. The van der Waals surface area contributed by atoms with Crippen LogP contribution in [0, 0.1) is 0 Å². The summed E-state index contributed by atoms with van der Waals surface area (Å²) in [5, 5.41) is 0.963. The van der Waals surface area contributed by atoms with E-state index in [-0.39, 0.29) is 33.2 Å². The van der Waals surface area contributed by atoms with Crippen molar-refractivity contribution in [2.24, 2.45) is 7.05 Å². The van der Waals surface area contributed by atoms with Crippen LogP contribution < -0.4 is 0 Å². The van der Waals surface area contributed by atoms with Gasteiger partial charge in [0.25, 0.3) is 0 Å². The van der Waals surface area contributed by atoms with Gasteiger partial charge in [0.15, 0.2) is 15.7 Å². The first-order valence-corrected chi connectivity index (χ1v) is 10.9. The summed E-state index contributed by atoms with van der Waals surface area (Å²) in [5.74, 6) is -5.41. The predicted molar refractivity (Wildman–Crippen MR) is 107 cm³/mol. The van der Waals surface area contributed by atoms with Gasteiger partial charge in [-0.1, -0.05) is 31.2 Å². The highest BCUT2D eigenvalue weighted by Gasteiger charge is 2.60. The third-order valence-electron chi connectivity index (χ3n) is 5.10. The van der Waals surface area contributed by atoms with Crippen molar-refractivity contribution in [3.63, 3.8) is 0 Å². The quantitative estimate of drug-likeness (QED) is 0.407. The Hall–Kier alpha value is -3.15. The van der Waals surface area contributed by atoms with Crippen molar-refractivity contribution in [1.82, 2.24) is 19.5 Å². The molecule has 3 heterocycles. The molecule has 0 fully saturated rings. The second-order valence-corrected chi connectivity index (χ2v) is 9.27. The van der Waals surface area contributed by atoms with Gasteiger partial charge in [0.1, 0.15) is 16.3 Å². The van der Waals surface area contributed by atoms with Crippen LogP contribution in [0.25, 0.3) is 33.3 Å². The maximum Gasteiger partial charge on any atom is 0.459 e. The Bertz CT molecular complexity index is 1460. The molecule has 3 aromatic heterocycles. The van der Waals surface area contributed by atoms with E-state index < -0.39 is 27.6 Å². The van der Waals surface area contributed by atoms with Gasteiger partial charge in [-0.05, 0) is 6.07 Å². The average molecular weight is 470 g/mol. The predicted octanol–water partition coefficient (Wildman–Crippen LogP) is 4.63. The van der Waals surface area contributed by atoms with E-state index in [4.69, 9.17) is 0 Å². The van der Waals surface area contributed by atoms with Crippen LogP contribution in [0.5, 0.6) is 0 Å². The minimum atomic E-state index is -5.83. The molecule has 0 saturated carbocycles. The van der Waals surface area contributed by atoms with Crippen LogP contribution in [0.3, 0.4) is 0 Å². The van der Waals surface area contributed by atoms with Crippen LogP contribution in [0.4, 0.5) is 22.0 Å². The summed E-state index contributed by atoms with van der Waals surface area (Å²) in [6, 6.07) is 7.21. The second-order valence-electron chi connectivity index (χ2n) is 7.05. The smallest absolute Gasteiger partial charge is 0.324 e. The number of fused-ring (bicyclic) bond motifs is 2. The van der Waals surface area contributed by atoms with Crippen LogP contribution in [-0.4, -0.2) is 39.9 Å². The standard InChI is InChI=1S/C20H15F5N4O2S/c1-3-32(30,31)17-12-7-5-4-6-11(12)9-27-16(17)18-28-13-8-15(19(21,22)20(23,24)25)26-10-14(13)29(18)2/h4-10H,3H2,1-2H3. The Morgan fingerprint density at radius 1 is 1.03 bits per heavy atom. The summed E-state index contributed by atoms with van der Waals surface area (Å²) < 4.78 is 92.9. The molecule has 0 N–H and O–H groups in total. The number of pyridine rings is 2. The SMILES string of the molecule is CCS(=O)(=O)c1c(-c2nc3cc(C(F)(F)C(F)(F)F)ncc3n2C)ncc2ccccc12. The van der Waals surface area contributed by atoms with E-state index in [1.807, 2.05) is 0 Å². The summed E-state index contributed by atoms with van der Waals surface area (Å²) >= 11 is 0. The number of halogens is 5. The fourth-order valence-electron chi connectivity index (χ4n) is 3.37. The monoisotopic (exact) mass is 470 g/mol. The highest BCUT2D eigenvalue weighted by atomic mass is 32.2. The van der Waals surface area contributed by atoms with E-state index in [1.54, 1.807) is 24.3 Å². The first-order chi connectivity index (χ1) is 14.9. The topological polar surface area (TPSA) is 77.7 Å². The molecular formula is C20H15F5N4O2S. The number of imidazole rings is 1. The van der Waals surface area contributed by atoms with Gasteiger partial charge in [-0.3, -0.25) is 9.97 Å². The van der Waals surface area contributed by atoms with Crippen molar-refractivity contribution in [3.05, 3.63) is 48.4 Å². The first kappa shape index (κ1) is 22.1. The molecule has 0 radical (unpaired) electrons. The van der Waals surface area contributed by atoms with Gasteiger partial charge in [-0.2, -0.15) is 22.0 Å². The molecule has 32 heavy (non-hydrogen) atoms. The molecule has 0 atom stereocenters. The number of sulfone groups is 1. The van der Waals surface area contributed by atoms with E-state index in [2.05, 4.69) is 15.0 Å². The van der Waals surface area contributed by atoms with Gasteiger partial charge in [0.05, 0.1) is 23.0 Å². The molecule has 1 aromatic carbocycles. The zero-order valence-electron chi connectivity index (χ0n) is 16.7. The maximum atomic E-state index is 13.7. The van der Waals surface area contributed by atoms with Crippen LogP contribution >= 0.6 is 0 Å². The Kier molecular flexibility index (Phi) is 4.96. The summed E-state index contributed by atoms with van der Waals surface area (Å²) in [7, 11) is -2.34. The third-order valence-corrected chi connectivity index (χ3v) is 6.90. The molecule has 6 nitrogen and oxygen atoms in total. The molecule has 4 rings (SSSR count). The van der Waals surface area contributed by atoms with Crippen molar-refractivity contribution < 1.29 is 30.4 Å². The van der Waals surface area contributed by atoms with Crippen molar-refractivity contribution in [2.75, 3.05) is 5.75 Å². The molecular weight excluding hydrogens is 455 g/mol. The summed E-state index contributed by atoms with van der Waals surface area (Å²) in [5.41, 5.74) is -1.61. The zero-order chi connectivity index (χ0) is 23.5. The molecule has 4 aromatic rings. The number of aromatic nitrogens is 4.